The molecule has 0 amide bonds. The van der Waals surface area contributed by atoms with E-state index in [-0.39, 0.29) is 18.0 Å². The molecule has 3 heteroatoms. The smallest absolute Gasteiger partial charge is 0.308 e. The second-order valence-corrected chi connectivity index (χ2v) is 3.86. The van der Waals surface area contributed by atoms with Gasteiger partial charge in [0, 0.05) is 19.2 Å². The molecule has 0 aromatic rings. The number of rotatable bonds is 2. The zero-order valence-electron chi connectivity index (χ0n) is 8.54. The Morgan fingerprint density at radius 1 is 1.69 bits per heavy atom. The van der Waals surface area contributed by atoms with Crippen molar-refractivity contribution in [2.24, 2.45) is 5.92 Å². The average Bonchev–Trinajstić information content (AvgIpc) is 2.31. The first-order valence-electron chi connectivity index (χ1n) is 4.60. The van der Waals surface area contributed by atoms with Gasteiger partial charge in [0.25, 0.3) is 0 Å². The lowest BCUT2D eigenvalue weighted by atomic mass is 10.2. The van der Waals surface area contributed by atoms with E-state index in [0.717, 1.165) is 18.7 Å². The highest BCUT2D eigenvalue weighted by atomic mass is 16.5. The summed E-state index contributed by atoms with van der Waals surface area (Å²) < 4.78 is 5.27. The first-order chi connectivity index (χ1) is 6.00. The van der Waals surface area contributed by atoms with E-state index in [4.69, 9.17) is 4.74 Å². The molecule has 1 atom stereocenters. The van der Waals surface area contributed by atoms with Gasteiger partial charge in [-0.15, -0.1) is 0 Å². The Morgan fingerprint density at radius 3 is 2.69 bits per heavy atom. The van der Waals surface area contributed by atoms with Crippen LogP contribution in [0.5, 0.6) is 0 Å². The predicted octanol–water partition coefficient (Wildman–Crippen LogP) is 1.40. The number of hydrogen-bond donors (Lipinski definition) is 0. The fourth-order valence-electron chi connectivity index (χ4n) is 1.30. The SMILES string of the molecule is C=C1CC(OC(=O)C(C)C)CN1C. The molecule has 1 aliphatic heterocycles. The Balaban J connectivity index is 2.40. The van der Waals surface area contributed by atoms with Crippen LogP contribution < -0.4 is 0 Å². The topological polar surface area (TPSA) is 29.5 Å². The molecule has 0 bridgehead atoms. The van der Waals surface area contributed by atoms with Crippen LogP contribution in [0.3, 0.4) is 0 Å². The Kier molecular flexibility index (Phi) is 2.96. The molecule has 1 unspecified atom stereocenters. The number of hydrogen-bond acceptors (Lipinski definition) is 3. The van der Waals surface area contributed by atoms with Crippen molar-refractivity contribution in [2.75, 3.05) is 13.6 Å². The van der Waals surface area contributed by atoms with Crippen LogP contribution >= 0.6 is 0 Å². The second-order valence-electron chi connectivity index (χ2n) is 3.86. The quantitative estimate of drug-likeness (QED) is 0.606. The molecule has 0 radical (unpaired) electrons. The number of likely N-dealkylation sites (N-methyl/N-ethyl adjacent to an activating group) is 1. The first-order valence-corrected chi connectivity index (χ1v) is 4.60. The van der Waals surface area contributed by atoms with Crippen molar-refractivity contribution in [3.63, 3.8) is 0 Å². The van der Waals surface area contributed by atoms with E-state index < -0.39 is 0 Å². The molecule has 0 N–H and O–H groups in total. The highest BCUT2D eigenvalue weighted by Gasteiger charge is 2.26. The van der Waals surface area contributed by atoms with Gasteiger partial charge in [0.05, 0.1) is 12.5 Å². The number of carbonyl (C=O) groups is 1. The van der Waals surface area contributed by atoms with Crippen molar-refractivity contribution in [1.29, 1.82) is 0 Å². The summed E-state index contributed by atoms with van der Waals surface area (Å²) in [5.41, 5.74) is 1.04. The maximum atomic E-state index is 11.2. The van der Waals surface area contributed by atoms with E-state index >= 15 is 0 Å². The summed E-state index contributed by atoms with van der Waals surface area (Å²) in [7, 11) is 1.96. The van der Waals surface area contributed by atoms with Gasteiger partial charge in [0.1, 0.15) is 6.10 Å². The molecule has 0 aromatic carbocycles. The maximum absolute atomic E-state index is 11.2. The third-order valence-corrected chi connectivity index (χ3v) is 2.23. The second kappa shape index (κ2) is 3.81. The molecule has 1 aliphatic rings. The van der Waals surface area contributed by atoms with E-state index in [9.17, 15) is 4.79 Å². The lowest BCUT2D eigenvalue weighted by Gasteiger charge is -2.13. The zero-order valence-corrected chi connectivity index (χ0v) is 8.54. The van der Waals surface area contributed by atoms with Crippen LogP contribution in [0.15, 0.2) is 12.3 Å². The van der Waals surface area contributed by atoms with Gasteiger partial charge < -0.3 is 9.64 Å². The van der Waals surface area contributed by atoms with Crippen molar-refractivity contribution in [3.05, 3.63) is 12.3 Å². The van der Waals surface area contributed by atoms with Gasteiger partial charge in [-0.3, -0.25) is 4.79 Å². The summed E-state index contributed by atoms with van der Waals surface area (Å²) >= 11 is 0. The van der Waals surface area contributed by atoms with Gasteiger partial charge in [0.15, 0.2) is 0 Å². The number of likely N-dealkylation sites (tertiary alicyclic amines) is 1. The molecule has 0 spiro atoms. The predicted molar refractivity (Wildman–Crippen MR) is 51.1 cm³/mol. The summed E-state index contributed by atoms with van der Waals surface area (Å²) in [4.78, 5) is 13.3. The van der Waals surface area contributed by atoms with E-state index in [1.807, 2.05) is 25.8 Å². The average molecular weight is 183 g/mol. The van der Waals surface area contributed by atoms with Gasteiger partial charge in [-0.05, 0) is 0 Å². The molecule has 13 heavy (non-hydrogen) atoms. The van der Waals surface area contributed by atoms with E-state index in [2.05, 4.69) is 6.58 Å². The van der Waals surface area contributed by atoms with Crippen LogP contribution in [0, 0.1) is 5.92 Å². The summed E-state index contributed by atoms with van der Waals surface area (Å²) in [5.74, 6) is -0.160. The fraction of sp³-hybridized carbons (Fsp3) is 0.700. The molecule has 1 rings (SSSR count). The normalized spacial score (nSPS) is 22.6. The Bertz CT molecular complexity index is 223. The molecular formula is C10H17NO2. The molecule has 74 valence electrons. The fourth-order valence-corrected chi connectivity index (χ4v) is 1.30. The molecular weight excluding hydrogens is 166 g/mol. The van der Waals surface area contributed by atoms with Crippen LogP contribution in [0.2, 0.25) is 0 Å². The third-order valence-electron chi connectivity index (χ3n) is 2.23. The Hall–Kier alpha value is -0.990. The van der Waals surface area contributed by atoms with Crippen LogP contribution in [0.4, 0.5) is 0 Å². The van der Waals surface area contributed by atoms with Crippen LogP contribution in [0.25, 0.3) is 0 Å². The Morgan fingerprint density at radius 2 is 2.31 bits per heavy atom. The van der Waals surface area contributed by atoms with Gasteiger partial charge in [-0.2, -0.15) is 0 Å². The van der Waals surface area contributed by atoms with Crippen molar-refractivity contribution < 1.29 is 9.53 Å². The number of nitrogens with zero attached hydrogens (tertiary/aromatic N) is 1. The standard InChI is InChI=1S/C10H17NO2/c1-7(2)10(12)13-9-5-8(3)11(4)6-9/h7,9H,3,5-6H2,1-2,4H3. The first kappa shape index (κ1) is 10.1. The number of esters is 1. The summed E-state index contributed by atoms with van der Waals surface area (Å²) in [6.07, 6.45) is 0.780. The van der Waals surface area contributed by atoms with Crippen molar-refractivity contribution in [3.8, 4) is 0 Å². The van der Waals surface area contributed by atoms with Gasteiger partial charge in [-0.1, -0.05) is 20.4 Å². The molecule has 1 fully saturated rings. The van der Waals surface area contributed by atoms with Crippen LogP contribution in [-0.4, -0.2) is 30.6 Å². The van der Waals surface area contributed by atoms with Crippen LogP contribution in [-0.2, 0) is 9.53 Å². The van der Waals surface area contributed by atoms with Crippen LogP contribution in [0.1, 0.15) is 20.3 Å². The van der Waals surface area contributed by atoms with E-state index in [1.165, 1.54) is 0 Å². The zero-order chi connectivity index (χ0) is 10.0. The third kappa shape index (κ3) is 2.47. The molecule has 3 nitrogen and oxygen atoms in total. The summed E-state index contributed by atoms with van der Waals surface area (Å²) in [5, 5.41) is 0. The van der Waals surface area contributed by atoms with Crippen molar-refractivity contribution in [2.45, 2.75) is 26.4 Å². The monoisotopic (exact) mass is 183 g/mol. The molecule has 1 heterocycles. The minimum absolute atomic E-state index is 0.00685. The molecule has 0 aromatic heterocycles. The number of carbonyl (C=O) groups excluding carboxylic acids is 1. The lowest BCUT2D eigenvalue weighted by Crippen LogP contribution is -2.24. The summed E-state index contributed by atoms with van der Waals surface area (Å²) in [6, 6.07) is 0. The van der Waals surface area contributed by atoms with Gasteiger partial charge >= 0.3 is 5.97 Å². The van der Waals surface area contributed by atoms with Gasteiger partial charge in [0.2, 0.25) is 0 Å². The summed E-state index contributed by atoms with van der Waals surface area (Å²) in [6.45, 7) is 8.33. The highest BCUT2D eigenvalue weighted by molar-refractivity contribution is 5.71. The Labute approximate surface area is 79.4 Å². The van der Waals surface area contributed by atoms with E-state index in [0.29, 0.717) is 0 Å². The lowest BCUT2D eigenvalue weighted by molar-refractivity contribution is -0.152. The van der Waals surface area contributed by atoms with Gasteiger partial charge in [-0.25, -0.2) is 0 Å². The molecule has 0 aliphatic carbocycles. The molecule has 0 saturated carbocycles. The largest absolute Gasteiger partial charge is 0.460 e. The minimum atomic E-state index is -0.117. The minimum Gasteiger partial charge on any atom is -0.460 e. The highest BCUT2D eigenvalue weighted by Crippen LogP contribution is 2.20. The van der Waals surface area contributed by atoms with Crippen molar-refractivity contribution in [1.82, 2.24) is 4.90 Å². The molecule has 1 saturated heterocycles. The van der Waals surface area contributed by atoms with Crippen molar-refractivity contribution >= 4 is 5.97 Å². The number of ether oxygens (including phenoxy) is 1. The van der Waals surface area contributed by atoms with E-state index in [1.54, 1.807) is 0 Å². The maximum Gasteiger partial charge on any atom is 0.308 e.